The Hall–Kier alpha value is -2.54. The number of sulfone groups is 1. The average molecular weight is 404 g/mol. The van der Waals surface area contributed by atoms with Gasteiger partial charge in [-0.3, -0.25) is 0 Å². The van der Waals surface area contributed by atoms with Crippen LogP contribution < -0.4 is 0 Å². The highest BCUT2D eigenvalue weighted by Gasteiger charge is 2.50. The predicted molar refractivity (Wildman–Crippen MR) is 100 cm³/mol. The van der Waals surface area contributed by atoms with Crippen LogP contribution in [0.15, 0.2) is 47.4 Å². The summed E-state index contributed by atoms with van der Waals surface area (Å²) < 4.78 is 56.9. The van der Waals surface area contributed by atoms with Gasteiger partial charge in [-0.05, 0) is 61.1 Å². The molecule has 146 valence electrons. The fourth-order valence-corrected chi connectivity index (χ4v) is 4.77. The quantitative estimate of drug-likeness (QED) is 0.721. The normalized spacial score (nSPS) is 18.8. The second-order valence-electron chi connectivity index (χ2n) is 7.30. The van der Waals surface area contributed by atoms with Crippen LogP contribution in [0.1, 0.15) is 36.8 Å². The minimum atomic E-state index is -3.37. The van der Waals surface area contributed by atoms with Crippen LogP contribution in [0.4, 0.5) is 8.78 Å². The van der Waals surface area contributed by atoms with Crippen LogP contribution in [0.25, 0.3) is 11.1 Å². The van der Waals surface area contributed by atoms with E-state index >= 15 is 0 Å². The first-order chi connectivity index (χ1) is 13.2. The minimum absolute atomic E-state index is 0.119. The number of rotatable bonds is 3. The van der Waals surface area contributed by atoms with Crippen molar-refractivity contribution in [3.8, 4) is 0 Å². The van der Waals surface area contributed by atoms with E-state index in [2.05, 4.69) is 0 Å². The van der Waals surface area contributed by atoms with Crippen LogP contribution in [0.5, 0.6) is 0 Å². The lowest BCUT2D eigenvalue weighted by molar-refractivity contribution is -0.143. The standard InChI is InChI=1S/C21H18F2O4S/c1-28(25,26)17-6-4-13(5-7-17)19-18(14-10-15(22)12-16(23)11-14)20(24)27-21(19)8-2-3-9-21/h4-7,10-12H,2-3,8-9H2,1H3. The molecule has 1 aliphatic carbocycles. The third-order valence-corrected chi connectivity index (χ3v) is 6.46. The summed E-state index contributed by atoms with van der Waals surface area (Å²) in [5.41, 5.74) is 0.586. The van der Waals surface area contributed by atoms with Crippen molar-refractivity contribution in [3.05, 3.63) is 65.2 Å². The zero-order valence-corrected chi connectivity index (χ0v) is 16.0. The van der Waals surface area contributed by atoms with Crippen molar-refractivity contribution in [2.24, 2.45) is 0 Å². The summed E-state index contributed by atoms with van der Waals surface area (Å²) in [4.78, 5) is 12.9. The summed E-state index contributed by atoms with van der Waals surface area (Å²) in [6.45, 7) is 0. The number of benzene rings is 2. The topological polar surface area (TPSA) is 60.4 Å². The first kappa shape index (κ1) is 18.8. The smallest absolute Gasteiger partial charge is 0.340 e. The molecule has 7 heteroatoms. The molecule has 0 amide bonds. The van der Waals surface area contributed by atoms with Gasteiger partial charge in [0.2, 0.25) is 0 Å². The van der Waals surface area contributed by atoms with E-state index in [1.807, 2.05) is 0 Å². The van der Waals surface area contributed by atoms with E-state index < -0.39 is 33.0 Å². The maximum Gasteiger partial charge on any atom is 0.340 e. The van der Waals surface area contributed by atoms with Gasteiger partial charge in [0.05, 0.1) is 10.5 Å². The average Bonchev–Trinajstić information content (AvgIpc) is 3.18. The molecule has 0 atom stereocenters. The lowest BCUT2D eigenvalue weighted by Crippen LogP contribution is -2.27. The van der Waals surface area contributed by atoms with Gasteiger partial charge in [-0.2, -0.15) is 0 Å². The van der Waals surface area contributed by atoms with Gasteiger partial charge in [0.25, 0.3) is 0 Å². The molecule has 1 saturated carbocycles. The molecule has 4 rings (SSSR count). The molecule has 2 aromatic rings. The first-order valence-electron chi connectivity index (χ1n) is 8.95. The number of hydrogen-bond donors (Lipinski definition) is 0. The molecule has 1 spiro atoms. The maximum atomic E-state index is 13.8. The van der Waals surface area contributed by atoms with Crippen LogP contribution in [0, 0.1) is 11.6 Å². The Bertz CT molecular complexity index is 1080. The number of esters is 1. The van der Waals surface area contributed by atoms with Crippen molar-refractivity contribution in [3.63, 3.8) is 0 Å². The number of carbonyl (C=O) groups excluding carboxylic acids is 1. The molecule has 0 aromatic heterocycles. The van der Waals surface area contributed by atoms with E-state index in [-0.39, 0.29) is 16.0 Å². The van der Waals surface area contributed by atoms with Gasteiger partial charge in [-0.25, -0.2) is 22.0 Å². The van der Waals surface area contributed by atoms with Crippen molar-refractivity contribution in [1.29, 1.82) is 0 Å². The molecule has 0 bridgehead atoms. The van der Waals surface area contributed by atoms with Gasteiger partial charge in [0, 0.05) is 17.9 Å². The summed E-state index contributed by atoms with van der Waals surface area (Å²) in [6, 6.07) is 9.12. The van der Waals surface area contributed by atoms with Gasteiger partial charge >= 0.3 is 5.97 Å². The van der Waals surface area contributed by atoms with Gasteiger partial charge in [-0.15, -0.1) is 0 Å². The lowest BCUT2D eigenvalue weighted by atomic mass is 9.83. The third-order valence-electron chi connectivity index (χ3n) is 5.33. The monoisotopic (exact) mass is 404 g/mol. The van der Waals surface area contributed by atoms with E-state index in [0.29, 0.717) is 24.0 Å². The van der Waals surface area contributed by atoms with E-state index in [1.54, 1.807) is 12.1 Å². The molecule has 0 radical (unpaired) electrons. The summed E-state index contributed by atoms with van der Waals surface area (Å²) in [5, 5.41) is 0. The van der Waals surface area contributed by atoms with Crippen molar-refractivity contribution < 1.29 is 26.7 Å². The molecular weight excluding hydrogens is 386 g/mol. The van der Waals surface area contributed by atoms with Crippen LogP contribution in [0.3, 0.4) is 0 Å². The molecule has 0 N–H and O–H groups in total. The van der Waals surface area contributed by atoms with Crippen molar-refractivity contribution >= 4 is 27.0 Å². The molecule has 4 nitrogen and oxygen atoms in total. The van der Waals surface area contributed by atoms with Gasteiger partial charge in [0.1, 0.15) is 17.2 Å². The largest absolute Gasteiger partial charge is 0.451 e. The highest BCUT2D eigenvalue weighted by molar-refractivity contribution is 7.90. The molecule has 28 heavy (non-hydrogen) atoms. The number of halogens is 2. The lowest BCUT2D eigenvalue weighted by Gasteiger charge is -2.26. The highest BCUT2D eigenvalue weighted by Crippen LogP contribution is 2.52. The Morgan fingerprint density at radius 2 is 1.50 bits per heavy atom. The summed E-state index contributed by atoms with van der Waals surface area (Å²) >= 11 is 0. The highest BCUT2D eigenvalue weighted by atomic mass is 32.2. The summed E-state index contributed by atoms with van der Waals surface area (Å²) in [5.74, 6) is -2.18. The first-order valence-corrected chi connectivity index (χ1v) is 10.8. The predicted octanol–water partition coefficient (Wildman–Crippen LogP) is 4.15. The molecule has 2 aliphatic rings. The Kier molecular flexibility index (Phi) is 4.38. The number of carbonyl (C=O) groups is 1. The molecule has 0 unspecified atom stereocenters. The fraction of sp³-hybridized carbons (Fsp3) is 0.286. The van der Waals surface area contributed by atoms with Crippen LogP contribution in [-0.4, -0.2) is 26.2 Å². The molecule has 1 heterocycles. The fourth-order valence-electron chi connectivity index (χ4n) is 4.14. The Labute approximate surface area is 161 Å². The molecular formula is C21H18F2O4S. The van der Waals surface area contributed by atoms with Crippen molar-refractivity contribution in [1.82, 2.24) is 0 Å². The van der Waals surface area contributed by atoms with Gasteiger partial charge in [-0.1, -0.05) is 12.1 Å². The van der Waals surface area contributed by atoms with E-state index in [9.17, 15) is 22.0 Å². The van der Waals surface area contributed by atoms with E-state index in [4.69, 9.17) is 4.74 Å². The maximum absolute atomic E-state index is 13.8. The third kappa shape index (κ3) is 3.13. The number of hydrogen-bond acceptors (Lipinski definition) is 4. The zero-order valence-electron chi connectivity index (χ0n) is 15.2. The van der Waals surface area contributed by atoms with Crippen LogP contribution >= 0.6 is 0 Å². The Morgan fingerprint density at radius 1 is 0.929 bits per heavy atom. The summed E-state index contributed by atoms with van der Waals surface area (Å²) in [6.07, 6.45) is 4.07. The second-order valence-corrected chi connectivity index (χ2v) is 9.31. The molecule has 1 fully saturated rings. The zero-order chi connectivity index (χ0) is 20.1. The molecule has 0 saturated heterocycles. The van der Waals surface area contributed by atoms with Crippen LogP contribution in [0.2, 0.25) is 0 Å². The van der Waals surface area contributed by atoms with E-state index in [0.717, 1.165) is 37.3 Å². The molecule has 1 aliphatic heterocycles. The van der Waals surface area contributed by atoms with Gasteiger partial charge in [0.15, 0.2) is 9.84 Å². The van der Waals surface area contributed by atoms with Crippen molar-refractivity contribution in [2.75, 3.05) is 6.26 Å². The van der Waals surface area contributed by atoms with Gasteiger partial charge < -0.3 is 4.74 Å². The summed E-state index contributed by atoms with van der Waals surface area (Å²) in [7, 11) is -3.37. The Balaban J connectivity index is 1.95. The number of ether oxygens (including phenoxy) is 1. The minimum Gasteiger partial charge on any atom is -0.451 e. The van der Waals surface area contributed by atoms with Crippen LogP contribution in [-0.2, 0) is 19.4 Å². The SMILES string of the molecule is CS(=O)(=O)c1ccc(C2=C(c3cc(F)cc(F)c3)C(=O)OC23CCCC3)cc1. The molecule has 2 aromatic carbocycles. The second kappa shape index (κ2) is 6.51. The van der Waals surface area contributed by atoms with Crippen molar-refractivity contribution in [2.45, 2.75) is 36.2 Å². The Morgan fingerprint density at radius 3 is 2.04 bits per heavy atom. The van der Waals surface area contributed by atoms with E-state index in [1.165, 1.54) is 12.1 Å².